The molecule has 0 fully saturated rings. The van der Waals surface area contributed by atoms with Gasteiger partial charge in [0.15, 0.2) is 6.29 Å². The molecule has 0 unspecified atom stereocenters. The molecule has 56 valence electrons. The molecule has 1 heterocycles. The first-order valence-corrected chi connectivity index (χ1v) is 3.01. The maximum atomic E-state index is 10.2. The number of hydrogen-bond acceptors (Lipinski definition) is 4. The Bertz CT molecular complexity index is 309. The molecule has 1 aromatic heterocycles. The van der Waals surface area contributed by atoms with Gasteiger partial charge in [-0.15, -0.1) is 5.10 Å². The molecule has 0 atom stereocenters. The normalized spacial score (nSPS) is 9.09. The van der Waals surface area contributed by atoms with Crippen molar-refractivity contribution in [2.24, 2.45) is 0 Å². The number of nitriles is 1. The molecule has 0 amide bonds. The SMILES string of the molecule is Cc1c(C=O)nnn1CC#N. The van der Waals surface area contributed by atoms with Gasteiger partial charge in [0.25, 0.3) is 0 Å². The van der Waals surface area contributed by atoms with Crippen LogP contribution in [0.2, 0.25) is 0 Å². The van der Waals surface area contributed by atoms with E-state index in [1.165, 1.54) is 4.68 Å². The second-order valence-corrected chi connectivity index (χ2v) is 1.99. The van der Waals surface area contributed by atoms with Crippen LogP contribution in [0.15, 0.2) is 0 Å². The molecule has 0 N–H and O–H groups in total. The largest absolute Gasteiger partial charge is 0.296 e. The van der Waals surface area contributed by atoms with Gasteiger partial charge in [-0.05, 0) is 6.92 Å². The fourth-order valence-corrected chi connectivity index (χ4v) is 0.700. The summed E-state index contributed by atoms with van der Waals surface area (Å²) in [7, 11) is 0. The lowest BCUT2D eigenvalue weighted by molar-refractivity contribution is 0.111. The fourth-order valence-electron chi connectivity index (χ4n) is 0.700. The van der Waals surface area contributed by atoms with Crippen LogP contribution in [-0.2, 0) is 6.54 Å². The van der Waals surface area contributed by atoms with Gasteiger partial charge in [0.05, 0.1) is 11.8 Å². The molecule has 0 aromatic carbocycles. The highest BCUT2D eigenvalue weighted by molar-refractivity contribution is 5.72. The first-order valence-electron chi connectivity index (χ1n) is 3.01. The monoisotopic (exact) mass is 150 g/mol. The lowest BCUT2D eigenvalue weighted by Crippen LogP contribution is -2.00. The van der Waals surface area contributed by atoms with E-state index in [0.29, 0.717) is 17.7 Å². The summed E-state index contributed by atoms with van der Waals surface area (Å²) in [6.07, 6.45) is 0.621. The van der Waals surface area contributed by atoms with Crippen molar-refractivity contribution in [3.05, 3.63) is 11.4 Å². The molecule has 0 bridgehead atoms. The van der Waals surface area contributed by atoms with Crippen LogP contribution in [0.4, 0.5) is 0 Å². The van der Waals surface area contributed by atoms with Gasteiger partial charge in [-0.2, -0.15) is 5.26 Å². The summed E-state index contributed by atoms with van der Waals surface area (Å²) in [6, 6.07) is 1.91. The van der Waals surface area contributed by atoms with Crippen LogP contribution in [-0.4, -0.2) is 21.3 Å². The third-order valence-corrected chi connectivity index (χ3v) is 1.35. The Kier molecular flexibility index (Phi) is 1.97. The maximum absolute atomic E-state index is 10.2. The Morgan fingerprint density at radius 1 is 1.82 bits per heavy atom. The van der Waals surface area contributed by atoms with Crippen molar-refractivity contribution < 1.29 is 4.79 Å². The summed E-state index contributed by atoms with van der Waals surface area (Å²) in [5, 5.41) is 15.4. The van der Waals surface area contributed by atoms with Crippen molar-refractivity contribution in [1.29, 1.82) is 5.26 Å². The minimum atomic E-state index is 0.132. The summed E-state index contributed by atoms with van der Waals surface area (Å²) in [5.74, 6) is 0. The van der Waals surface area contributed by atoms with E-state index < -0.39 is 0 Å². The Hall–Kier alpha value is -1.70. The van der Waals surface area contributed by atoms with Crippen molar-refractivity contribution in [2.45, 2.75) is 13.5 Å². The van der Waals surface area contributed by atoms with Crippen molar-refractivity contribution in [2.75, 3.05) is 0 Å². The molecule has 5 nitrogen and oxygen atoms in total. The molecular formula is C6H6N4O. The van der Waals surface area contributed by atoms with Crippen LogP contribution in [0, 0.1) is 18.3 Å². The lowest BCUT2D eigenvalue weighted by atomic mass is 10.4. The third kappa shape index (κ3) is 1.24. The molecule has 1 aromatic rings. The maximum Gasteiger partial charge on any atom is 0.172 e. The molecule has 1 rings (SSSR count). The van der Waals surface area contributed by atoms with E-state index in [1.807, 2.05) is 6.07 Å². The number of aldehydes is 1. The van der Waals surface area contributed by atoms with E-state index in [0.717, 1.165) is 0 Å². The second kappa shape index (κ2) is 2.92. The van der Waals surface area contributed by atoms with E-state index in [-0.39, 0.29) is 6.54 Å². The highest BCUT2D eigenvalue weighted by atomic mass is 16.1. The summed E-state index contributed by atoms with van der Waals surface area (Å²) >= 11 is 0. The van der Waals surface area contributed by atoms with Crippen molar-refractivity contribution in [3.8, 4) is 6.07 Å². The molecule has 0 aliphatic rings. The van der Waals surface area contributed by atoms with Gasteiger partial charge in [0, 0.05) is 0 Å². The highest BCUT2D eigenvalue weighted by Gasteiger charge is 2.05. The lowest BCUT2D eigenvalue weighted by Gasteiger charge is -1.92. The molecule has 0 saturated carbocycles. The zero-order valence-corrected chi connectivity index (χ0v) is 5.98. The second-order valence-electron chi connectivity index (χ2n) is 1.99. The topological polar surface area (TPSA) is 71.6 Å². The molecule has 5 heteroatoms. The Morgan fingerprint density at radius 2 is 2.55 bits per heavy atom. The standard InChI is InChI=1S/C6H6N4O/c1-5-6(4-11)8-9-10(5)3-2-7/h4H,3H2,1H3. The molecular weight excluding hydrogens is 144 g/mol. The summed E-state index contributed by atoms with van der Waals surface area (Å²) < 4.78 is 1.38. The van der Waals surface area contributed by atoms with Gasteiger partial charge in [0.1, 0.15) is 12.2 Å². The Labute approximate surface area is 63.2 Å². The molecule has 0 aliphatic heterocycles. The molecule has 0 saturated heterocycles. The van der Waals surface area contributed by atoms with E-state index in [9.17, 15) is 4.79 Å². The van der Waals surface area contributed by atoms with Crippen molar-refractivity contribution >= 4 is 6.29 Å². The van der Waals surface area contributed by atoms with E-state index in [4.69, 9.17) is 5.26 Å². The predicted octanol–water partition coefficient (Wildman–Crippen LogP) is -0.0774. The summed E-state index contributed by atoms with van der Waals surface area (Å²) in [6.45, 7) is 1.83. The van der Waals surface area contributed by atoms with Gasteiger partial charge in [-0.25, -0.2) is 4.68 Å². The third-order valence-electron chi connectivity index (χ3n) is 1.35. The number of aromatic nitrogens is 3. The van der Waals surface area contributed by atoms with E-state index >= 15 is 0 Å². The van der Waals surface area contributed by atoms with Gasteiger partial charge >= 0.3 is 0 Å². The predicted molar refractivity (Wildman–Crippen MR) is 35.8 cm³/mol. The fraction of sp³-hybridized carbons (Fsp3) is 0.333. The van der Waals surface area contributed by atoms with Crippen LogP contribution in [0.3, 0.4) is 0 Å². The molecule has 0 spiro atoms. The van der Waals surface area contributed by atoms with Crippen LogP contribution in [0.1, 0.15) is 16.2 Å². The van der Waals surface area contributed by atoms with Gasteiger partial charge in [-0.1, -0.05) is 5.21 Å². The highest BCUT2D eigenvalue weighted by Crippen LogP contribution is 1.98. The minimum absolute atomic E-state index is 0.132. The van der Waals surface area contributed by atoms with Crippen LogP contribution < -0.4 is 0 Å². The smallest absolute Gasteiger partial charge is 0.172 e. The van der Waals surface area contributed by atoms with E-state index in [2.05, 4.69) is 10.3 Å². The number of carbonyl (C=O) groups is 1. The first kappa shape index (κ1) is 7.41. The summed E-state index contributed by atoms with van der Waals surface area (Å²) in [4.78, 5) is 10.2. The molecule has 11 heavy (non-hydrogen) atoms. The number of hydrogen-bond donors (Lipinski definition) is 0. The Balaban J connectivity index is 3.02. The minimum Gasteiger partial charge on any atom is -0.296 e. The van der Waals surface area contributed by atoms with Gasteiger partial charge < -0.3 is 0 Å². The first-order chi connectivity index (χ1) is 5.29. The van der Waals surface area contributed by atoms with Gasteiger partial charge in [0.2, 0.25) is 0 Å². The average Bonchev–Trinajstić information content (AvgIpc) is 2.34. The Morgan fingerprint density at radius 3 is 3.00 bits per heavy atom. The van der Waals surface area contributed by atoms with Gasteiger partial charge in [-0.3, -0.25) is 4.79 Å². The van der Waals surface area contributed by atoms with Crippen LogP contribution >= 0.6 is 0 Å². The van der Waals surface area contributed by atoms with Crippen molar-refractivity contribution in [1.82, 2.24) is 15.0 Å². The zero-order chi connectivity index (χ0) is 8.27. The quantitative estimate of drug-likeness (QED) is 0.553. The summed E-state index contributed by atoms with van der Waals surface area (Å²) in [5.41, 5.74) is 0.918. The number of rotatable bonds is 2. The van der Waals surface area contributed by atoms with Crippen LogP contribution in [0.5, 0.6) is 0 Å². The van der Waals surface area contributed by atoms with Crippen molar-refractivity contribution in [3.63, 3.8) is 0 Å². The van der Waals surface area contributed by atoms with Crippen LogP contribution in [0.25, 0.3) is 0 Å². The van der Waals surface area contributed by atoms with E-state index in [1.54, 1.807) is 6.92 Å². The zero-order valence-electron chi connectivity index (χ0n) is 5.98. The number of carbonyl (C=O) groups excluding carboxylic acids is 1. The molecule has 0 radical (unpaired) electrons. The number of nitrogens with zero attached hydrogens (tertiary/aromatic N) is 4. The average molecular weight is 150 g/mol. The molecule has 0 aliphatic carbocycles.